The molecule has 1 saturated heterocycles. The molecule has 1 aliphatic carbocycles. The van der Waals surface area contributed by atoms with Crippen molar-refractivity contribution in [1.82, 2.24) is 30.4 Å². The number of likely N-dealkylation sites (N-methyl/N-ethyl adjacent to an activating group) is 1. The SMILES string of the molecule is CN1CCc2nc(C(=O)NC3CN(C(=O)C4CC4)CCC3NC(=O)c3cc4cc(Cl)ccc4[nH]3)sc2C1. The van der Waals surface area contributed by atoms with Gasteiger partial charge in [-0.15, -0.1) is 11.3 Å². The Labute approximate surface area is 223 Å². The number of hydrogen-bond acceptors (Lipinski definition) is 6. The van der Waals surface area contributed by atoms with Crippen LogP contribution in [0.4, 0.5) is 0 Å². The summed E-state index contributed by atoms with van der Waals surface area (Å²) in [6.45, 7) is 2.63. The molecule has 1 saturated carbocycles. The van der Waals surface area contributed by atoms with E-state index < -0.39 is 6.04 Å². The molecule has 1 aromatic carbocycles. The zero-order chi connectivity index (χ0) is 25.7. The molecule has 9 nitrogen and oxygen atoms in total. The number of aromatic nitrogens is 2. The van der Waals surface area contributed by atoms with Crippen molar-refractivity contribution in [2.24, 2.45) is 5.92 Å². The summed E-state index contributed by atoms with van der Waals surface area (Å²) in [5.74, 6) is -0.272. The number of rotatable bonds is 5. The van der Waals surface area contributed by atoms with Crippen LogP contribution in [-0.4, -0.2) is 76.3 Å². The Balaban J connectivity index is 1.19. The van der Waals surface area contributed by atoms with Gasteiger partial charge in [0.2, 0.25) is 5.91 Å². The van der Waals surface area contributed by atoms with Crippen LogP contribution in [0, 0.1) is 5.92 Å². The number of H-pyrrole nitrogens is 1. The summed E-state index contributed by atoms with van der Waals surface area (Å²) in [5, 5.41) is 8.08. The maximum atomic E-state index is 13.3. The molecule has 3 aromatic rings. The largest absolute Gasteiger partial charge is 0.351 e. The van der Waals surface area contributed by atoms with Crippen LogP contribution in [0.3, 0.4) is 0 Å². The maximum absolute atomic E-state index is 13.3. The smallest absolute Gasteiger partial charge is 0.280 e. The lowest BCUT2D eigenvalue weighted by molar-refractivity contribution is -0.134. The van der Waals surface area contributed by atoms with Crippen LogP contribution in [0.5, 0.6) is 0 Å². The van der Waals surface area contributed by atoms with Gasteiger partial charge >= 0.3 is 0 Å². The molecule has 37 heavy (non-hydrogen) atoms. The van der Waals surface area contributed by atoms with Gasteiger partial charge in [0, 0.05) is 59.3 Å². The topological polar surface area (TPSA) is 110 Å². The van der Waals surface area contributed by atoms with E-state index in [9.17, 15) is 14.4 Å². The number of amides is 3. The molecular weight excluding hydrogens is 512 g/mol. The van der Waals surface area contributed by atoms with Gasteiger partial charge < -0.3 is 25.4 Å². The fourth-order valence-electron chi connectivity index (χ4n) is 5.18. The van der Waals surface area contributed by atoms with Gasteiger partial charge in [-0.3, -0.25) is 14.4 Å². The number of thiazole rings is 1. The van der Waals surface area contributed by atoms with Crippen molar-refractivity contribution in [2.75, 3.05) is 26.7 Å². The number of likely N-dealkylation sites (tertiary alicyclic amines) is 1. The molecule has 3 amide bonds. The minimum absolute atomic E-state index is 0.100. The fraction of sp³-hybridized carbons (Fsp3) is 0.462. The Morgan fingerprint density at radius 2 is 1.89 bits per heavy atom. The van der Waals surface area contributed by atoms with Crippen molar-refractivity contribution in [2.45, 2.75) is 44.3 Å². The van der Waals surface area contributed by atoms with E-state index in [1.54, 1.807) is 18.2 Å². The number of carbonyl (C=O) groups is 3. The van der Waals surface area contributed by atoms with Crippen LogP contribution in [0.15, 0.2) is 24.3 Å². The molecule has 0 radical (unpaired) electrons. The van der Waals surface area contributed by atoms with E-state index in [1.807, 2.05) is 11.0 Å². The molecule has 194 valence electrons. The molecule has 4 heterocycles. The third-order valence-corrected chi connectivity index (χ3v) is 8.74. The maximum Gasteiger partial charge on any atom is 0.280 e. The second-order valence-corrected chi connectivity index (χ2v) is 11.8. The first-order valence-electron chi connectivity index (χ1n) is 12.7. The zero-order valence-electron chi connectivity index (χ0n) is 20.6. The van der Waals surface area contributed by atoms with Crippen molar-refractivity contribution in [1.29, 1.82) is 0 Å². The summed E-state index contributed by atoms with van der Waals surface area (Å²) >= 11 is 7.52. The standard InChI is InChI=1S/C26H29ClN6O3S/c1-32-8-6-19-22(13-32)37-25(31-19)24(35)30-21-12-33(26(36)14-2-3-14)9-7-18(21)29-23(34)20-11-15-10-16(27)4-5-17(15)28-20/h4-5,10-11,14,18,21,28H,2-3,6-9,12-13H2,1H3,(H,29,34)(H,30,35). The van der Waals surface area contributed by atoms with E-state index in [1.165, 1.54) is 11.3 Å². The highest BCUT2D eigenvalue weighted by Gasteiger charge is 2.39. The summed E-state index contributed by atoms with van der Waals surface area (Å²) in [6.07, 6.45) is 3.24. The van der Waals surface area contributed by atoms with Crippen LogP contribution < -0.4 is 10.6 Å². The molecule has 6 rings (SSSR count). The zero-order valence-corrected chi connectivity index (χ0v) is 22.1. The van der Waals surface area contributed by atoms with Gasteiger partial charge in [0.15, 0.2) is 5.01 Å². The lowest BCUT2D eigenvalue weighted by Gasteiger charge is -2.39. The minimum Gasteiger partial charge on any atom is -0.351 e. The van der Waals surface area contributed by atoms with Crippen molar-refractivity contribution in [3.8, 4) is 0 Å². The van der Waals surface area contributed by atoms with Crippen molar-refractivity contribution in [3.05, 3.63) is 50.6 Å². The number of nitrogens with one attached hydrogen (secondary N) is 3. The van der Waals surface area contributed by atoms with Crippen LogP contribution >= 0.6 is 22.9 Å². The first kappa shape index (κ1) is 24.4. The number of fused-ring (bicyclic) bond motifs is 2. The van der Waals surface area contributed by atoms with E-state index in [2.05, 4.69) is 32.5 Å². The average molecular weight is 541 g/mol. The van der Waals surface area contributed by atoms with Gasteiger partial charge in [-0.2, -0.15) is 0 Å². The number of nitrogens with zero attached hydrogens (tertiary/aromatic N) is 3. The average Bonchev–Trinajstić information content (AvgIpc) is 3.50. The monoisotopic (exact) mass is 540 g/mol. The van der Waals surface area contributed by atoms with Crippen molar-refractivity contribution in [3.63, 3.8) is 0 Å². The van der Waals surface area contributed by atoms with Gasteiger partial charge in [-0.05, 0) is 50.6 Å². The molecule has 3 aliphatic rings. The molecule has 2 atom stereocenters. The predicted molar refractivity (Wildman–Crippen MR) is 142 cm³/mol. The summed E-state index contributed by atoms with van der Waals surface area (Å²) in [4.78, 5) is 52.2. The van der Waals surface area contributed by atoms with Crippen molar-refractivity contribution >= 4 is 51.6 Å². The van der Waals surface area contributed by atoms with E-state index in [0.717, 1.165) is 53.8 Å². The van der Waals surface area contributed by atoms with Gasteiger partial charge in [-0.25, -0.2) is 4.98 Å². The second kappa shape index (κ2) is 9.74. The van der Waals surface area contributed by atoms with Crippen LogP contribution in [0.2, 0.25) is 5.02 Å². The molecule has 0 spiro atoms. The Kier molecular flexibility index (Phi) is 6.42. The van der Waals surface area contributed by atoms with Crippen LogP contribution in [-0.2, 0) is 17.8 Å². The van der Waals surface area contributed by atoms with Crippen LogP contribution in [0.1, 0.15) is 50.1 Å². The number of hydrogen-bond donors (Lipinski definition) is 3. The van der Waals surface area contributed by atoms with Gasteiger partial charge in [0.1, 0.15) is 5.69 Å². The Morgan fingerprint density at radius 3 is 2.70 bits per heavy atom. The van der Waals surface area contributed by atoms with E-state index in [0.29, 0.717) is 35.2 Å². The lowest BCUT2D eigenvalue weighted by atomic mass is 9.98. The molecule has 0 bridgehead atoms. The van der Waals surface area contributed by atoms with Gasteiger partial charge in [0.05, 0.1) is 17.8 Å². The van der Waals surface area contributed by atoms with Crippen molar-refractivity contribution < 1.29 is 14.4 Å². The first-order valence-corrected chi connectivity index (χ1v) is 13.9. The molecule has 2 aromatic heterocycles. The number of piperidine rings is 1. The molecule has 11 heteroatoms. The number of carbonyl (C=O) groups excluding carboxylic acids is 3. The number of aromatic amines is 1. The number of halogens is 1. The third kappa shape index (κ3) is 5.10. The highest BCUT2D eigenvalue weighted by Crippen LogP contribution is 2.32. The minimum atomic E-state index is -0.421. The Bertz CT molecular complexity index is 1380. The quantitative estimate of drug-likeness (QED) is 0.461. The summed E-state index contributed by atoms with van der Waals surface area (Å²) in [6, 6.07) is 6.44. The van der Waals surface area contributed by atoms with E-state index in [-0.39, 0.29) is 29.7 Å². The summed E-state index contributed by atoms with van der Waals surface area (Å²) in [5.41, 5.74) is 2.24. The lowest BCUT2D eigenvalue weighted by Crippen LogP contribution is -2.61. The van der Waals surface area contributed by atoms with Gasteiger partial charge in [0.25, 0.3) is 11.8 Å². The molecule has 2 aliphatic heterocycles. The molecule has 2 unspecified atom stereocenters. The van der Waals surface area contributed by atoms with E-state index >= 15 is 0 Å². The fourth-order valence-corrected chi connectivity index (χ4v) is 6.45. The summed E-state index contributed by atoms with van der Waals surface area (Å²) in [7, 11) is 2.06. The first-order chi connectivity index (χ1) is 17.8. The van der Waals surface area contributed by atoms with Crippen LogP contribution in [0.25, 0.3) is 10.9 Å². The molecular formula is C26H29ClN6O3S. The van der Waals surface area contributed by atoms with E-state index in [4.69, 9.17) is 11.6 Å². The number of benzene rings is 1. The second-order valence-electron chi connectivity index (χ2n) is 10.3. The highest BCUT2D eigenvalue weighted by atomic mass is 35.5. The van der Waals surface area contributed by atoms with Gasteiger partial charge in [-0.1, -0.05) is 11.6 Å². The Morgan fingerprint density at radius 1 is 1.08 bits per heavy atom. The summed E-state index contributed by atoms with van der Waals surface area (Å²) < 4.78 is 0. The molecule has 3 N–H and O–H groups in total. The third-order valence-electron chi connectivity index (χ3n) is 7.43. The Hall–Kier alpha value is -2.95. The normalized spacial score (nSPS) is 22.1. The predicted octanol–water partition coefficient (Wildman–Crippen LogP) is 2.81. The highest BCUT2D eigenvalue weighted by molar-refractivity contribution is 7.13. The molecule has 2 fully saturated rings.